The number of hydrogen-bond donors (Lipinski definition) is 2. The zero-order chi connectivity index (χ0) is 13.2. The van der Waals surface area contributed by atoms with Crippen molar-refractivity contribution in [1.82, 2.24) is 19.9 Å². The van der Waals surface area contributed by atoms with E-state index in [4.69, 9.17) is 0 Å². The summed E-state index contributed by atoms with van der Waals surface area (Å²) in [5, 5.41) is 3.10. The fourth-order valence-electron chi connectivity index (χ4n) is 1.75. The standard InChI is InChI=1S/C13H12FN5/c1-8-5-16-10(6-15-8)7-17-13-18-11-3-2-9(14)4-12(11)19-13/h2-6H,7H2,1H3,(H2,17,18,19). The van der Waals surface area contributed by atoms with Gasteiger partial charge in [0.05, 0.1) is 35.2 Å². The zero-order valence-electron chi connectivity index (χ0n) is 10.3. The van der Waals surface area contributed by atoms with Gasteiger partial charge in [0.1, 0.15) is 5.82 Å². The van der Waals surface area contributed by atoms with E-state index in [0.29, 0.717) is 18.0 Å². The van der Waals surface area contributed by atoms with Crippen LogP contribution in [0.1, 0.15) is 11.4 Å². The minimum Gasteiger partial charge on any atom is -0.350 e. The number of nitrogens with one attached hydrogen (secondary N) is 2. The third-order valence-corrected chi connectivity index (χ3v) is 2.72. The van der Waals surface area contributed by atoms with E-state index in [1.54, 1.807) is 18.5 Å². The van der Waals surface area contributed by atoms with Gasteiger partial charge in [0.25, 0.3) is 0 Å². The molecule has 0 unspecified atom stereocenters. The number of imidazole rings is 1. The van der Waals surface area contributed by atoms with Crippen LogP contribution in [0.5, 0.6) is 0 Å². The van der Waals surface area contributed by atoms with Crippen LogP contribution in [0.3, 0.4) is 0 Å². The average molecular weight is 257 g/mol. The molecule has 0 atom stereocenters. The van der Waals surface area contributed by atoms with E-state index in [9.17, 15) is 4.39 Å². The van der Waals surface area contributed by atoms with Crippen LogP contribution < -0.4 is 5.32 Å². The van der Waals surface area contributed by atoms with Crippen molar-refractivity contribution in [2.75, 3.05) is 5.32 Å². The molecule has 5 nitrogen and oxygen atoms in total. The van der Waals surface area contributed by atoms with Crippen LogP contribution in [-0.4, -0.2) is 19.9 Å². The van der Waals surface area contributed by atoms with Crippen molar-refractivity contribution in [2.45, 2.75) is 13.5 Å². The molecule has 3 rings (SSSR count). The van der Waals surface area contributed by atoms with Crippen molar-refractivity contribution >= 4 is 17.0 Å². The Bertz CT molecular complexity index is 705. The third-order valence-electron chi connectivity index (χ3n) is 2.72. The Hall–Kier alpha value is -2.50. The van der Waals surface area contributed by atoms with Crippen LogP contribution in [0.25, 0.3) is 11.0 Å². The van der Waals surface area contributed by atoms with Crippen molar-refractivity contribution in [1.29, 1.82) is 0 Å². The summed E-state index contributed by atoms with van der Waals surface area (Å²) in [7, 11) is 0. The van der Waals surface area contributed by atoms with E-state index in [2.05, 4.69) is 25.3 Å². The minimum atomic E-state index is -0.285. The summed E-state index contributed by atoms with van der Waals surface area (Å²) in [4.78, 5) is 15.7. The first-order chi connectivity index (χ1) is 9.20. The molecule has 0 bridgehead atoms. The number of aromatic amines is 1. The zero-order valence-corrected chi connectivity index (χ0v) is 10.3. The van der Waals surface area contributed by atoms with E-state index in [-0.39, 0.29) is 5.82 Å². The Morgan fingerprint density at radius 2 is 2.16 bits per heavy atom. The normalized spacial score (nSPS) is 10.8. The molecule has 2 heterocycles. The van der Waals surface area contributed by atoms with Crippen molar-refractivity contribution in [3.63, 3.8) is 0 Å². The van der Waals surface area contributed by atoms with Crippen LogP contribution in [0.2, 0.25) is 0 Å². The quantitative estimate of drug-likeness (QED) is 0.756. The summed E-state index contributed by atoms with van der Waals surface area (Å²) in [6, 6.07) is 4.44. The van der Waals surface area contributed by atoms with E-state index in [1.165, 1.54) is 12.1 Å². The topological polar surface area (TPSA) is 66.5 Å². The number of hydrogen-bond acceptors (Lipinski definition) is 4. The third kappa shape index (κ3) is 2.52. The lowest BCUT2D eigenvalue weighted by Gasteiger charge is -2.01. The highest BCUT2D eigenvalue weighted by Gasteiger charge is 2.03. The van der Waals surface area contributed by atoms with Gasteiger partial charge < -0.3 is 10.3 Å². The molecular weight excluding hydrogens is 245 g/mol. The Morgan fingerprint density at radius 3 is 2.95 bits per heavy atom. The average Bonchev–Trinajstić information content (AvgIpc) is 2.80. The molecule has 0 aliphatic carbocycles. The Kier molecular flexibility index (Phi) is 2.83. The maximum Gasteiger partial charge on any atom is 0.201 e. The van der Waals surface area contributed by atoms with Gasteiger partial charge in [-0.05, 0) is 25.1 Å². The number of aryl methyl sites for hydroxylation is 1. The molecule has 0 aliphatic rings. The lowest BCUT2D eigenvalue weighted by Crippen LogP contribution is -2.03. The van der Waals surface area contributed by atoms with Crippen LogP contribution in [0, 0.1) is 12.7 Å². The van der Waals surface area contributed by atoms with Gasteiger partial charge in [-0.25, -0.2) is 9.37 Å². The maximum atomic E-state index is 13.0. The predicted octanol–water partition coefficient (Wildman–Crippen LogP) is 2.41. The molecule has 0 amide bonds. The molecule has 0 fully saturated rings. The molecule has 0 spiro atoms. The number of aromatic nitrogens is 4. The van der Waals surface area contributed by atoms with Gasteiger partial charge in [0.2, 0.25) is 5.95 Å². The molecule has 96 valence electrons. The molecule has 0 saturated heterocycles. The van der Waals surface area contributed by atoms with Gasteiger partial charge in [-0.3, -0.25) is 9.97 Å². The van der Waals surface area contributed by atoms with E-state index in [1.807, 2.05) is 6.92 Å². The number of fused-ring (bicyclic) bond motifs is 1. The van der Waals surface area contributed by atoms with Crippen molar-refractivity contribution in [2.24, 2.45) is 0 Å². The van der Waals surface area contributed by atoms with E-state index < -0.39 is 0 Å². The smallest absolute Gasteiger partial charge is 0.201 e. The van der Waals surface area contributed by atoms with Crippen molar-refractivity contribution in [3.05, 3.63) is 47.8 Å². The lowest BCUT2D eigenvalue weighted by molar-refractivity contribution is 0.629. The number of halogens is 1. The van der Waals surface area contributed by atoms with Gasteiger partial charge in [-0.2, -0.15) is 0 Å². The number of nitrogens with zero attached hydrogens (tertiary/aromatic N) is 3. The Balaban J connectivity index is 1.76. The Labute approximate surface area is 108 Å². The van der Waals surface area contributed by atoms with Gasteiger partial charge >= 0.3 is 0 Å². The predicted molar refractivity (Wildman–Crippen MR) is 70.1 cm³/mol. The summed E-state index contributed by atoms with van der Waals surface area (Å²) >= 11 is 0. The Morgan fingerprint density at radius 1 is 1.26 bits per heavy atom. The van der Waals surface area contributed by atoms with E-state index in [0.717, 1.165) is 16.9 Å². The van der Waals surface area contributed by atoms with Crippen LogP contribution in [0.4, 0.5) is 10.3 Å². The minimum absolute atomic E-state index is 0.285. The molecule has 0 saturated carbocycles. The SMILES string of the molecule is Cc1cnc(CNc2nc3ccc(F)cc3[nH]2)cn1. The lowest BCUT2D eigenvalue weighted by atomic mass is 10.3. The largest absolute Gasteiger partial charge is 0.350 e. The number of rotatable bonds is 3. The first-order valence-electron chi connectivity index (χ1n) is 5.87. The molecule has 3 aromatic rings. The number of anilines is 1. The first kappa shape index (κ1) is 11.6. The van der Waals surface area contributed by atoms with Crippen LogP contribution in [0.15, 0.2) is 30.6 Å². The first-order valence-corrected chi connectivity index (χ1v) is 5.87. The van der Waals surface area contributed by atoms with Gasteiger partial charge in [-0.1, -0.05) is 0 Å². The second-order valence-corrected chi connectivity index (χ2v) is 4.25. The summed E-state index contributed by atoms with van der Waals surface area (Å²) in [5.41, 5.74) is 3.08. The summed E-state index contributed by atoms with van der Waals surface area (Å²) in [6.07, 6.45) is 3.43. The molecule has 6 heteroatoms. The monoisotopic (exact) mass is 257 g/mol. The fourth-order valence-corrected chi connectivity index (χ4v) is 1.75. The molecule has 0 aliphatic heterocycles. The highest BCUT2D eigenvalue weighted by Crippen LogP contribution is 2.15. The molecule has 2 N–H and O–H groups in total. The van der Waals surface area contributed by atoms with Crippen molar-refractivity contribution in [3.8, 4) is 0 Å². The van der Waals surface area contributed by atoms with Crippen LogP contribution in [-0.2, 0) is 6.54 Å². The molecular formula is C13H12FN5. The number of benzene rings is 1. The highest BCUT2D eigenvalue weighted by atomic mass is 19.1. The molecule has 1 aromatic carbocycles. The fraction of sp³-hybridized carbons (Fsp3) is 0.154. The van der Waals surface area contributed by atoms with Gasteiger partial charge in [-0.15, -0.1) is 0 Å². The second kappa shape index (κ2) is 4.64. The maximum absolute atomic E-state index is 13.0. The summed E-state index contributed by atoms with van der Waals surface area (Å²) in [5.74, 6) is 0.301. The highest BCUT2D eigenvalue weighted by molar-refractivity contribution is 5.77. The van der Waals surface area contributed by atoms with Gasteiger partial charge in [0.15, 0.2) is 0 Å². The summed E-state index contributed by atoms with van der Waals surface area (Å²) in [6.45, 7) is 2.40. The van der Waals surface area contributed by atoms with Gasteiger partial charge in [0, 0.05) is 6.20 Å². The number of H-pyrrole nitrogens is 1. The molecule has 19 heavy (non-hydrogen) atoms. The second-order valence-electron chi connectivity index (χ2n) is 4.25. The van der Waals surface area contributed by atoms with Crippen LogP contribution >= 0.6 is 0 Å². The molecule has 0 radical (unpaired) electrons. The van der Waals surface area contributed by atoms with E-state index >= 15 is 0 Å². The molecule has 2 aromatic heterocycles. The van der Waals surface area contributed by atoms with Crippen molar-refractivity contribution < 1.29 is 4.39 Å². The summed E-state index contributed by atoms with van der Waals surface area (Å²) < 4.78 is 13.0.